The van der Waals surface area contributed by atoms with Gasteiger partial charge in [-0.3, -0.25) is 4.79 Å². The van der Waals surface area contributed by atoms with E-state index in [1.54, 1.807) is 6.07 Å². The molecule has 9 heteroatoms. The Morgan fingerprint density at radius 2 is 2.12 bits per heavy atom. The van der Waals surface area contributed by atoms with Crippen molar-refractivity contribution < 1.29 is 9.18 Å². The summed E-state index contributed by atoms with van der Waals surface area (Å²) in [6.45, 7) is 1.40. The quantitative estimate of drug-likeness (QED) is 0.732. The number of hydrazone groups is 1. The molecule has 2 unspecified atom stereocenters. The van der Waals surface area contributed by atoms with Gasteiger partial charge in [-0.2, -0.15) is 10.2 Å². The summed E-state index contributed by atoms with van der Waals surface area (Å²) in [7, 11) is 0. The summed E-state index contributed by atoms with van der Waals surface area (Å²) in [5, 5.41) is 10.7. The molecule has 0 bridgehead atoms. The van der Waals surface area contributed by atoms with Crippen LogP contribution in [0.4, 0.5) is 4.39 Å². The first-order valence-electron chi connectivity index (χ1n) is 11.5. The number of halogens is 1. The molecule has 0 spiro atoms. The fourth-order valence-corrected chi connectivity index (χ4v) is 5.00. The molecule has 6 rings (SSSR count). The summed E-state index contributed by atoms with van der Waals surface area (Å²) >= 11 is 0. The van der Waals surface area contributed by atoms with Gasteiger partial charge in [-0.05, 0) is 48.4 Å². The Bertz CT molecular complexity index is 1250. The highest BCUT2D eigenvalue weighted by molar-refractivity contribution is 5.82. The van der Waals surface area contributed by atoms with Crippen LogP contribution in [0.2, 0.25) is 0 Å². The van der Waals surface area contributed by atoms with Crippen molar-refractivity contribution in [3.05, 3.63) is 64.1 Å². The van der Waals surface area contributed by atoms with E-state index in [-0.39, 0.29) is 35.4 Å². The van der Waals surface area contributed by atoms with Crippen LogP contribution < -0.4 is 11.1 Å². The van der Waals surface area contributed by atoms with E-state index in [0.717, 1.165) is 36.9 Å². The Labute approximate surface area is 189 Å². The van der Waals surface area contributed by atoms with Crippen LogP contribution in [-0.4, -0.2) is 50.9 Å². The molecule has 2 aliphatic heterocycles. The van der Waals surface area contributed by atoms with Gasteiger partial charge in [0.2, 0.25) is 5.91 Å². The van der Waals surface area contributed by atoms with Gasteiger partial charge in [-0.1, -0.05) is 24.3 Å². The third-order valence-corrected chi connectivity index (χ3v) is 7.00. The molecule has 8 nitrogen and oxygen atoms in total. The van der Waals surface area contributed by atoms with Crippen molar-refractivity contribution in [1.29, 1.82) is 0 Å². The van der Waals surface area contributed by atoms with Crippen molar-refractivity contribution in [2.24, 2.45) is 22.9 Å². The molecule has 1 saturated carbocycles. The van der Waals surface area contributed by atoms with Crippen molar-refractivity contribution >= 4 is 17.7 Å². The number of H-pyrrole nitrogens is 1. The van der Waals surface area contributed by atoms with Crippen molar-refractivity contribution in [3.8, 4) is 5.69 Å². The number of aromatic nitrogens is 3. The van der Waals surface area contributed by atoms with Gasteiger partial charge in [0.05, 0.1) is 11.7 Å². The van der Waals surface area contributed by atoms with Crippen LogP contribution in [0.15, 0.2) is 46.3 Å². The van der Waals surface area contributed by atoms with Crippen LogP contribution in [-0.2, 0) is 11.2 Å². The third-order valence-electron chi connectivity index (χ3n) is 7.00. The van der Waals surface area contributed by atoms with Crippen LogP contribution in [0.25, 0.3) is 11.3 Å². The number of hydrogen-bond acceptors (Lipinski definition) is 5. The first-order chi connectivity index (χ1) is 16.1. The summed E-state index contributed by atoms with van der Waals surface area (Å²) < 4.78 is 16.5. The number of carbonyl (C=O) groups excluding carboxylic acids is 1. The maximum Gasteiger partial charge on any atom is 0.348 e. The lowest BCUT2D eigenvalue weighted by atomic mass is 9.90. The van der Waals surface area contributed by atoms with E-state index in [0.29, 0.717) is 18.8 Å². The number of rotatable bonds is 5. The standard InChI is InChI=1S/C24H25FN6O2/c25-19-11-17(16-3-5-20-18(10-16)12-26-27-20)4-6-21(19)31-22(28-29-24(31)33)9-14-7-8-30(13-14)23(32)15-1-2-15/h3-6,10-12,14-15,18,20,27H,1-2,7-9,13H2,(H,29,33)/t14-,18?,20?/m0/s1. The molecule has 2 aromatic rings. The second-order valence-corrected chi connectivity index (χ2v) is 9.36. The lowest BCUT2D eigenvalue weighted by Gasteiger charge is -2.18. The van der Waals surface area contributed by atoms with Crippen LogP contribution in [0.3, 0.4) is 0 Å². The average molecular weight is 449 g/mol. The van der Waals surface area contributed by atoms with E-state index in [9.17, 15) is 9.59 Å². The maximum atomic E-state index is 15.2. The summed E-state index contributed by atoms with van der Waals surface area (Å²) in [6.07, 6.45) is 11.3. The van der Waals surface area contributed by atoms with Crippen molar-refractivity contribution in [2.45, 2.75) is 31.7 Å². The number of benzene rings is 1. The van der Waals surface area contributed by atoms with Gasteiger partial charge in [-0.25, -0.2) is 18.9 Å². The number of aromatic amines is 1. The number of nitrogens with zero attached hydrogens (tertiary/aromatic N) is 4. The summed E-state index contributed by atoms with van der Waals surface area (Å²) in [6, 6.07) is 5.06. The molecular weight excluding hydrogens is 423 g/mol. The van der Waals surface area contributed by atoms with Gasteiger partial charge < -0.3 is 10.3 Å². The lowest BCUT2D eigenvalue weighted by molar-refractivity contribution is -0.131. The number of likely N-dealkylation sites (tertiary alicyclic amines) is 1. The Morgan fingerprint density at radius 1 is 1.24 bits per heavy atom. The summed E-state index contributed by atoms with van der Waals surface area (Å²) in [4.78, 5) is 26.8. The molecule has 170 valence electrons. The number of carbonyl (C=O) groups is 1. The first-order valence-corrected chi connectivity index (χ1v) is 11.5. The van der Waals surface area contributed by atoms with E-state index in [4.69, 9.17) is 0 Å². The molecule has 3 heterocycles. The van der Waals surface area contributed by atoms with Gasteiger partial charge in [-0.15, -0.1) is 0 Å². The predicted octanol–water partition coefficient (Wildman–Crippen LogP) is 2.03. The van der Waals surface area contributed by atoms with Crippen LogP contribution in [0.1, 0.15) is 30.7 Å². The largest absolute Gasteiger partial charge is 0.348 e. The zero-order valence-corrected chi connectivity index (χ0v) is 18.1. The Hall–Kier alpha value is -3.49. The Kier molecular flexibility index (Phi) is 4.78. The second kappa shape index (κ2) is 7.83. The highest BCUT2D eigenvalue weighted by atomic mass is 19.1. The normalized spacial score (nSPS) is 25.8. The number of hydrogen-bond donors (Lipinski definition) is 2. The van der Waals surface area contributed by atoms with E-state index in [1.807, 2.05) is 29.3 Å². The van der Waals surface area contributed by atoms with Gasteiger partial charge >= 0.3 is 5.69 Å². The minimum absolute atomic E-state index is 0.147. The number of allylic oxidation sites excluding steroid dienone is 2. The molecule has 1 saturated heterocycles. The average Bonchev–Trinajstić information content (AvgIpc) is 3.21. The molecular formula is C24H25FN6O2. The molecule has 0 radical (unpaired) electrons. The minimum Gasteiger partial charge on any atom is -0.342 e. The number of amides is 1. The molecule has 33 heavy (non-hydrogen) atoms. The molecule has 3 atom stereocenters. The third kappa shape index (κ3) is 3.71. The van der Waals surface area contributed by atoms with Gasteiger partial charge in [0.15, 0.2) is 0 Å². The Balaban J connectivity index is 1.23. The van der Waals surface area contributed by atoms with Crippen molar-refractivity contribution in [2.75, 3.05) is 13.1 Å². The molecule has 4 aliphatic rings. The summed E-state index contributed by atoms with van der Waals surface area (Å²) in [5.74, 6) is 0.812. The molecule has 1 aromatic carbocycles. The maximum absolute atomic E-state index is 15.2. The van der Waals surface area contributed by atoms with E-state index >= 15 is 4.39 Å². The molecule has 1 aromatic heterocycles. The fraction of sp³-hybridized carbons (Fsp3) is 0.417. The number of fused-ring (bicyclic) bond motifs is 1. The van der Waals surface area contributed by atoms with Gasteiger partial charge in [0.25, 0.3) is 0 Å². The molecule has 2 aliphatic carbocycles. The van der Waals surface area contributed by atoms with Crippen LogP contribution >= 0.6 is 0 Å². The number of nitrogens with one attached hydrogen (secondary N) is 2. The summed E-state index contributed by atoms with van der Waals surface area (Å²) in [5.41, 5.74) is 4.40. The fourth-order valence-electron chi connectivity index (χ4n) is 5.00. The van der Waals surface area contributed by atoms with E-state index in [2.05, 4.69) is 26.8 Å². The SMILES string of the molecule is O=C(C1CC1)N1CC[C@@H](Cc2n[nH]c(=O)n2-c2ccc(C3=CC4C=NNC4C=C3)cc2F)C1. The smallest absolute Gasteiger partial charge is 0.342 e. The monoisotopic (exact) mass is 448 g/mol. The van der Waals surface area contributed by atoms with Gasteiger partial charge in [0, 0.05) is 37.6 Å². The van der Waals surface area contributed by atoms with Crippen LogP contribution in [0.5, 0.6) is 0 Å². The Morgan fingerprint density at radius 3 is 2.94 bits per heavy atom. The van der Waals surface area contributed by atoms with Crippen molar-refractivity contribution in [3.63, 3.8) is 0 Å². The first kappa shape index (κ1) is 20.1. The van der Waals surface area contributed by atoms with Crippen LogP contribution in [0, 0.1) is 23.6 Å². The zero-order chi connectivity index (χ0) is 22.5. The molecule has 2 N–H and O–H groups in total. The highest BCUT2D eigenvalue weighted by Gasteiger charge is 2.37. The molecule has 1 amide bonds. The van der Waals surface area contributed by atoms with Crippen molar-refractivity contribution in [1.82, 2.24) is 25.1 Å². The van der Waals surface area contributed by atoms with E-state index in [1.165, 1.54) is 10.6 Å². The topological polar surface area (TPSA) is 95.4 Å². The lowest BCUT2D eigenvalue weighted by Crippen LogP contribution is -2.30. The minimum atomic E-state index is -0.483. The highest BCUT2D eigenvalue weighted by Crippen LogP contribution is 2.33. The zero-order valence-electron chi connectivity index (χ0n) is 18.1. The van der Waals surface area contributed by atoms with Gasteiger partial charge in [0.1, 0.15) is 11.6 Å². The van der Waals surface area contributed by atoms with E-state index < -0.39 is 11.5 Å². The predicted molar refractivity (Wildman–Crippen MR) is 121 cm³/mol. The molecule has 2 fully saturated rings. The second-order valence-electron chi connectivity index (χ2n) is 9.36.